The van der Waals surface area contributed by atoms with Gasteiger partial charge in [0, 0.05) is 12.4 Å². The molecule has 70 valence electrons. The van der Waals surface area contributed by atoms with E-state index in [9.17, 15) is 4.79 Å². The van der Waals surface area contributed by atoms with Crippen molar-refractivity contribution in [2.75, 3.05) is 0 Å². The number of carboxylic acids is 1. The van der Waals surface area contributed by atoms with Gasteiger partial charge in [-0.25, -0.2) is 4.79 Å². The van der Waals surface area contributed by atoms with E-state index in [1.54, 1.807) is 24.5 Å². The number of carbonyl (C=O) groups is 1. The van der Waals surface area contributed by atoms with Gasteiger partial charge in [-0.15, -0.1) is 5.10 Å². The Labute approximate surface area is 83.2 Å². The molecule has 0 bridgehead atoms. The van der Waals surface area contributed by atoms with E-state index in [0.29, 0.717) is 4.88 Å². The molecule has 0 aliphatic carbocycles. The van der Waals surface area contributed by atoms with E-state index in [1.807, 2.05) is 0 Å². The number of hydrogen-bond acceptors (Lipinski definition) is 5. The molecule has 0 radical (unpaired) electrons. The maximum absolute atomic E-state index is 10.7. The molecule has 0 unspecified atom stereocenters. The molecule has 0 saturated heterocycles. The summed E-state index contributed by atoms with van der Waals surface area (Å²) in [7, 11) is 0. The first-order chi connectivity index (χ1) is 6.79. The molecule has 0 aromatic carbocycles. The predicted molar refractivity (Wildman–Crippen MR) is 50.1 cm³/mol. The molecule has 5 nitrogen and oxygen atoms in total. The third kappa shape index (κ3) is 1.47. The molecule has 0 amide bonds. The maximum Gasteiger partial charge on any atom is 0.358 e. The summed E-state index contributed by atoms with van der Waals surface area (Å²) in [5.74, 6) is -1.06. The largest absolute Gasteiger partial charge is 0.476 e. The highest BCUT2D eigenvalue weighted by Crippen LogP contribution is 2.24. The minimum Gasteiger partial charge on any atom is -0.476 e. The van der Waals surface area contributed by atoms with Crippen molar-refractivity contribution >= 4 is 17.5 Å². The minimum absolute atomic E-state index is 0.0128. The van der Waals surface area contributed by atoms with Gasteiger partial charge in [0.15, 0.2) is 5.69 Å². The van der Waals surface area contributed by atoms with Crippen LogP contribution >= 0.6 is 11.5 Å². The SMILES string of the molecule is O=C(O)c1nnsc1-c1ccncc1. The summed E-state index contributed by atoms with van der Waals surface area (Å²) in [6.45, 7) is 0. The lowest BCUT2D eigenvalue weighted by Crippen LogP contribution is -1.98. The first-order valence-electron chi connectivity index (χ1n) is 3.75. The van der Waals surface area contributed by atoms with Gasteiger partial charge in [0.2, 0.25) is 0 Å². The van der Waals surface area contributed by atoms with Gasteiger partial charge in [-0.1, -0.05) is 4.49 Å². The van der Waals surface area contributed by atoms with Gasteiger partial charge in [-0.2, -0.15) is 0 Å². The van der Waals surface area contributed by atoms with Crippen molar-refractivity contribution in [3.63, 3.8) is 0 Å². The zero-order chi connectivity index (χ0) is 9.97. The predicted octanol–water partition coefficient (Wildman–Crippen LogP) is 1.30. The standard InChI is InChI=1S/C8H5N3O2S/c12-8(13)6-7(14-11-10-6)5-1-3-9-4-2-5/h1-4H,(H,12,13). The molecule has 0 saturated carbocycles. The highest BCUT2D eigenvalue weighted by atomic mass is 32.1. The van der Waals surface area contributed by atoms with E-state index < -0.39 is 5.97 Å². The van der Waals surface area contributed by atoms with Crippen molar-refractivity contribution in [3.05, 3.63) is 30.2 Å². The number of rotatable bonds is 2. The van der Waals surface area contributed by atoms with E-state index in [2.05, 4.69) is 14.6 Å². The van der Waals surface area contributed by atoms with Crippen LogP contribution in [0.25, 0.3) is 10.4 Å². The van der Waals surface area contributed by atoms with Gasteiger partial charge < -0.3 is 5.11 Å². The van der Waals surface area contributed by atoms with Gasteiger partial charge in [0.1, 0.15) is 0 Å². The Kier molecular flexibility index (Phi) is 2.19. The van der Waals surface area contributed by atoms with Crippen molar-refractivity contribution in [3.8, 4) is 10.4 Å². The molecule has 2 rings (SSSR count). The van der Waals surface area contributed by atoms with Crippen LogP contribution in [0.15, 0.2) is 24.5 Å². The molecule has 0 fully saturated rings. The fourth-order valence-electron chi connectivity index (χ4n) is 1.02. The zero-order valence-electron chi connectivity index (χ0n) is 6.91. The number of aromatic carboxylic acids is 1. The monoisotopic (exact) mass is 207 g/mol. The molecule has 6 heteroatoms. The summed E-state index contributed by atoms with van der Waals surface area (Å²) in [5, 5.41) is 12.3. The van der Waals surface area contributed by atoms with Gasteiger partial charge in [-0.3, -0.25) is 4.98 Å². The summed E-state index contributed by atoms with van der Waals surface area (Å²) in [4.78, 5) is 15.1. The first-order valence-corrected chi connectivity index (χ1v) is 4.52. The molecule has 2 aromatic heterocycles. The molecule has 0 atom stereocenters. The molecule has 0 aliphatic rings. The van der Waals surface area contributed by atoms with Crippen molar-refractivity contribution in [2.24, 2.45) is 0 Å². The number of pyridine rings is 1. The van der Waals surface area contributed by atoms with Crippen LogP contribution in [0.3, 0.4) is 0 Å². The lowest BCUT2D eigenvalue weighted by molar-refractivity contribution is 0.0691. The Hall–Kier alpha value is -1.82. The molecule has 1 N–H and O–H groups in total. The van der Waals surface area contributed by atoms with E-state index >= 15 is 0 Å². The van der Waals surface area contributed by atoms with Crippen LogP contribution in [-0.4, -0.2) is 25.6 Å². The van der Waals surface area contributed by atoms with E-state index in [1.165, 1.54) is 0 Å². The molecule has 0 spiro atoms. The summed E-state index contributed by atoms with van der Waals surface area (Å²) >= 11 is 1.06. The van der Waals surface area contributed by atoms with Crippen LogP contribution in [-0.2, 0) is 0 Å². The molecule has 2 heterocycles. The Morgan fingerprint density at radius 2 is 2.07 bits per heavy atom. The van der Waals surface area contributed by atoms with Gasteiger partial charge in [-0.05, 0) is 29.2 Å². The average molecular weight is 207 g/mol. The third-order valence-electron chi connectivity index (χ3n) is 1.63. The van der Waals surface area contributed by atoms with Crippen LogP contribution in [0.1, 0.15) is 10.5 Å². The molecular formula is C8H5N3O2S. The molecule has 0 aliphatic heterocycles. The van der Waals surface area contributed by atoms with E-state index in [0.717, 1.165) is 17.1 Å². The average Bonchev–Trinajstić information content (AvgIpc) is 2.67. The van der Waals surface area contributed by atoms with Gasteiger partial charge in [0.25, 0.3) is 0 Å². The van der Waals surface area contributed by atoms with Gasteiger partial charge >= 0.3 is 5.97 Å². The van der Waals surface area contributed by atoms with E-state index in [4.69, 9.17) is 5.11 Å². The topological polar surface area (TPSA) is 76.0 Å². The molecule has 2 aromatic rings. The fraction of sp³-hybridized carbons (Fsp3) is 0. The Bertz CT molecular complexity index is 455. The number of carboxylic acid groups (broad SMARTS) is 1. The Morgan fingerprint density at radius 3 is 2.71 bits per heavy atom. The van der Waals surface area contributed by atoms with Crippen LogP contribution in [0.5, 0.6) is 0 Å². The lowest BCUT2D eigenvalue weighted by Gasteiger charge is -1.95. The van der Waals surface area contributed by atoms with Crippen LogP contribution in [0.2, 0.25) is 0 Å². The van der Waals surface area contributed by atoms with Crippen molar-refractivity contribution < 1.29 is 9.90 Å². The van der Waals surface area contributed by atoms with E-state index in [-0.39, 0.29) is 5.69 Å². The Balaban J connectivity index is 2.52. The Morgan fingerprint density at radius 1 is 1.36 bits per heavy atom. The van der Waals surface area contributed by atoms with Crippen molar-refractivity contribution in [1.82, 2.24) is 14.6 Å². The van der Waals surface area contributed by atoms with Crippen LogP contribution in [0.4, 0.5) is 0 Å². The van der Waals surface area contributed by atoms with Crippen molar-refractivity contribution in [2.45, 2.75) is 0 Å². The first kappa shape index (κ1) is 8.76. The normalized spacial score (nSPS) is 10.0. The second kappa shape index (κ2) is 3.51. The van der Waals surface area contributed by atoms with Crippen LogP contribution < -0.4 is 0 Å². The number of hydrogen-bond donors (Lipinski definition) is 1. The summed E-state index contributed by atoms with van der Waals surface area (Å²) in [5.41, 5.74) is 0.758. The smallest absolute Gasteiger partial charge is 0.358 e. The minimum atomic E-state index is -1.06. The highest BCUT2D eigenvalue weighted by Gasteiger charge is 2.16. The van der Waals surface area contributed by atoms with Crippen molar-refractivity contribution in [1.29, 1.82) is 0 Å². The van der Waals surface area contributed by atoms with Gasteiger partial charge in [0.05, 0.1) is 4.88 Å². The maximum atomic E-state index is 10.7. The zero-order valence-corrected chi connectivity index (χ0v) is 7.73. The summed E-state index contributed by atoms with van der Waals surface area (Å²) in [6.07, 6.45) is 3.20. The molecule has 14 heavy (non-hydrogen) atoms. The lowest BCUT2D eigenvalue weighted by atomic mass is 10.2. The fourth-order valence-corrected chi connectivity index (χ4v) is 1.68. The molecular weight excluding hydrogens is 202 g/mol. The second-order valence-electron chi connectivity index (χ2n) is 2.49. The van der Waals surface area contributed by atoms with Crippen LogP contribution in [0, 0.1) is 0 Å². The second-order valence-corrected chi connectivity index (χ2v) is 3.25. The number of aromatic nitrogens is 3. The quantitative estimate of drug-likeness (QED) is 0.803. The highest BCUT2D eigenvalue weighted by molar-refractivity contribution is 7.09. The third-order valence-corrected chi connectivity index (χ3v) is 2.41. The summed E-state index contributed by atoms with van der Waals surface area (Å²) < 4.78 is 3.61. The number of nitrogens with zero attached hydrogens (tertiary/aromatic N) is 3. The summed E-state index contributed by atoms with van der Waals surface area (Å²) in [6, 6.07) is 3.45.